The molecule has 19 aromatic rings. The molecule has 19 rings (SSSR count). The Morgan fingerprint density at radius 1 is 0.169 bits per heavy atom. The van der Waals surface area contributed by atoms with Gasteiger partial charge >= 0.3 is 0 Å². The number of benzene rings is 12. The molecule has 0 spiro atoms. The average molecular weight is 1140 g/mol. The molecule has 0 atom stereocenters. The highest BCUT2D eigenvalue weighted by Crippen LogP contribution is 2.40. The normalized spacial score (nSPS) is 11.8. The highest BCUT2D eigenvalue weighted by atomic mass is 15.2. The quantitative estimate of drug-likeness (QED) is 0.159. The maximum atomic E-state index is 5.30. The molecule has 0 fully saturated rings. The molecule has 9 nitrogen and oxygen atoms in total. The van der Waals surface area contributed by atoms with Crippen LogP contribution in [0.3, 0.4) is 0 Å². The third-order valence-corrected chi connectivity index (χ3v) is 17.6. The number of hydrogen-bond acceptors (Lipinski definition) is 4. The predicted molar refractivity (Wildman–Crippen MR) is 367 cm³/mol. The van der Waals surface area contributed by atoms with Gasteiger partial charge in [0, 0.05) is 82.8 Å². The summed E-state index contributed by atoms with van der Waals surface area (Å²) in [7, 11) is 0. The van der Waals surface area contributed by atoms with Gasteiger partial charge in [-0.2, -0.15) is 0 Å². The Morgan fingerprint density at radius 2 is 0.382 bits per heavy atom. The van der Waals surface area contributed by atoms with Crippen molar-refractivity contribution in [1.29, 1.82) is 0 Å². The number of fused-ring (bicyclic) bond motifs is 15. The number of aromatic nitrogens is 9. The van der Waals surface area contributed by atoms with Gasteiger partial charge in [0.05, 0.1) is 55.2 Å². The zero-order valence-electron chi connectivity index (χ0n) is 48.0. The lowest BCUT2D eigenvalue weighted by atomic mass is 10.1. The average Bonchev–Trinajstić information content (AvgIpc) is 1.76. The van der Waals surface area contributed by atoms with Gasteiger partial charge in [0.15, 0.2) is 11.6 Å². The van der Waals surface area contributed by atoms with Gasteiger partial charge in [-0.3, -0.25) is 18.3 Å². The first-order chi connectivity index (χ1) is 44.2. The molecule has 0 radical (unpaired) electrons. The van der Waals surface area contributed by atoms with Crippen LogP contribution in [0.15, 0.2) is 309 Å². The highest BCUT2D eigenvalue weighted by molar-refractivity contribution is 6.14. The van der Waals surface area contributed by atoms with Gasteiger partial charge in [-0.05, 0) is 72.8 Å². The maximum Gasteiger partial charge on any atom is 0.163 e. The fourth-order valence-corrected chi connectivity index (χ4v) is 13.8. The molecule has 7 aromatic heterocycles. The van der Waals surface area contributed by atoms with Gasteiger partial charge in [-0.25, -0.2) is 19.9 Å². The van der Waals surface area contributed by atoms with E-state index in [1.54, 1.807) is 0 Å². The molecule has 9 heteroatoms. The summed E-state index contributed by atoms with van der Waals surface area (Å²) in [5, 5.41) is 12.1. The van der Waals surface area contributed by atoms with Crippen LogP contribution in [0.1, 0.15) is 0 Å². The van der Waals surface area contributed by atoms with E-state index >= 15 is 0 Å². The Bertz CT molecular complexity index is 5660. The lowest BCUT2D eigenvalue weighted by molar-refractivity contribution is 0.993. The second-order valence-corrected chi connectivity index (χ2v) is 22.6. The Labute approximate surface area is 510 Å². The fraction of sp³-hybridized carbons (Fsp3) is 0. The summed E-state index contributed by atoms with van der Waals surface area (Å²) in [4.78, 5) is 20.9. The second kappa shape index (κ2) is 20.2. The van der Waals surface area contributed by atoms with Gasteiger partial charge < -0.3 is 4.57 Å². The van der Waals surface area contributed by atoms with Crippen LogP contribution >= 0.6 is 0 Å². The van der Waals surface area contributed by atoms with Crippen molar-refractivity contribution in [3.8, 4) is 51.7 Å². The van der Waals surface area contributed by atoms with Crippen LogP contribution in [0.5, 0.6) is 0 Å². The summed E-state index contributed by atoms with van der Waals surface area (Å²) < 4.78 is 11.5. The first kappa shape index (κ1) is 50.2. The van der Waals surface area contributed by atoms with E-state index in [0.717, 1.165) is 84.2 Å². The van der Waals surface area contributed by atoms with Crippen LogP contribution in [0.2, 0.25) is 0 Å². The zero-order chi connectivity index (χ0) is 58.5. The first-order valence-corrected chi connectivity index (χ1v) is 30.1. The van der Waals surface area contributed by atoms with Crippen molar-refractivity contribution in [2.24, 2.45) is 0 Å². The Morgan fingerprint density at radius 3 is 0.652 bits per heavy atom. The monoisotopic (exact) mass is 1140 g/mol. The van der Waals surface area contributed by atoms with Crippen molar-refractivity contribution in [3.05, 3.63) is 309 Å². The molecular weight excluding hydrogens is 1090 g/mol. The molecule has 0 aliphatic rings. The second-order valence-electron chi connectivity index (χ2n) is 22.6. The van der Waals surface area contributed by atoms with E-state index in [9.17, 15) is 0 Å². The number of para-hydroxylation sites is 9. The van der Waals surface area contributed by atoms with Crippen molar-refractivity contribution in [2.45, 2.75) is 0 Å². The number of nitrogens with zero attached hydrogens (tertiary/aromatic N) is 9. The van der Waals surface area contributed by atoms with Gasteiger partial charge in [-0.15, -0.1) is 0 Å². The molecule has 416 valence electrons. The van der Waals surface area contributed by atoms with Gasteiger partial charge in [-0.1, -0.05) is 224 Å². The summed E-state index contributed by atoms with van der Waals surface area (Å²) in [6, 6.07) is 109. The van der Waals surface area contributed by atoms with Gasteiger partial charge in [0.25, 0.3) is 0 Å². The molecule has 0 saturated carbocycles. The Hall–Kier alpha value is -12.2. The number of hydrogen-bond donors (Lipinski definition) is 0. The van der Waals surface area contributed by atoms with E-state index in [4.69, 9.17) is 19.9 Å². The lowest BCUT2D eigenvalue weighted by Crippen LogP contribution is -2.06. The predicted octanol–water partition coefficient (Wildman–Crippen LogP) is 19.8. The summed E-state index contributed by atoms with van der Waals surface area (Å²) in [6.45, 7) is 0. The van der Waals surface area contributed by atoms with Crippen molar-refractivity contribution >= 4 is 109 Å². The van der Waals surface area contributed by atoms with Crippen molar-refractivity contribution in [1.82, 2.24) is 42.8 Å². The van der Waals surface area contributed by atoms with Crippen LogP contribution in [0.4, 0.5) is 0 Å². The summed E-state index contributed by atoms with van der Waals surface area (Å²) in [6.07, 6.45) is 0. The molecule has 0 aliphatic heterocycles. The molecule has 0 unspecified atom stereocenters. The SMILES string of the molecule is c1ccc(-c2nc(-n3c4ccccc4c4ccccc43)cc(-n3c4ccccc4c4cc(-n5c6ccccc6c6ccccc65)ccc43)n2)cc1.c1ccc(-c2nc(-n3c4ccccc4c4ccccc43)cc(-n3c4ccccc4c4ccccc43)n2)cc1. The molecule has 0 bridgehead atoms. The van der Waals surface area contributed by atoms with E-state index in [2.05, 4.69) is 296 Å². The lowest BCUT2D eigenvalue weighted by Gasteiger charge is -2.14. The van der Waals surface area contributed by atoms with Crippen LogP contribution in [-0.2, 0) is 0 Å². The Kier molecular flexibility index (Phi) is 11.4. The molecule has 12 aromatic carbocycles. The van der Waals surface area contributed by atoms with Crippen molar-refractivity contribution in [2.75, 3.05) is 0 Å². The standard InChI is InChI=1S/C46H29N5.C34H22N4/c1-2-14-30(15-3-1)46-47-44(50-40-23-11-6-18-34(40)35-19-7-12-24-41(35)50)29-45(48-46)51-42-25-13-8-20-36(42)37-28-31(26-27-43(37)51)49-38-21-9-4-16-32(38)33-17-5-10-22-39(33)49;1-2-12-23(13-3-1)34-35-32(37-28-18-8-4-14-24(28)25-15-5-9-19-29(25)37)22-33(36-34)38-30-20-10-6-16-26(30)27-17-7-11-21-31(27)38/h1-29H;1-22H. The number of rotatable bonds is 7. The summed E-state index contributed by atoms with van der Waals surface area (Å²) in [5.41, 5.74) is 14.4. The molecule has 0 saturated heterocycles. The van der Waals surface area contributed by atoms with E-state index < -0.39 is 0 Å². The molecule has 7 heterocycles. The first-order valence-electron chi connectivity index (χ1n) is 30.1. The largest absolute Gasteiger partial charge is 0.309 e. The summed E-state index contributed by atoms with van der Waals surface area (Å²) >= 11 is 0. The zero-order valence-corrected chi connectivity index (χ0v) is 48.0. The van der Waals surface area contributed by atoms with E-state index in [-0.39, 0.29) is 0 Å². The summed E-state index contributed by atoms with van der Waals surface area (Å²) in [5.74, 6) is 4.70. The minimum atomic E-state index is 0.679. The van der Waals surface area contributed by atoms with Gasteiger partial charge in [0.1, 0.15) is 23.3 Å². The molecule has 89 heavy (non-hydrogen) atoms. The maximum absolute atomic E-state index is 5.30. The van der Waals surface area contributed by atoms with Crippen LogP contribution in [-0.4, -0.2) is 42.8 Å². The van der Waals surface area contributed by atoms with E-state index in [0.29, 0.717) is 11.6 Å². The Balaban J connectivity index is 0.000000139. The van der Waals surface area contributed by atoms with Crippen molar-refractivity contribution in [3.63, 3.8) is 0 Å². The van der Waals surface area contributed by atoms with E-state index in [1.807, 2.05) is 36.4 Å². The van der Waals surface area contributed by atoms with Crippen LogP contribution < -0.4 is 0 Å². The van der Waals surface area contributed by atoms with Crippen LogP contribution in [0.25, 0.3) is 161 Å². The van der Waals surface area contributed by atoms with Crippen molar-refractivity contribution < 1.29 is 0 Å². The third-order valence-electron chi connectivity index (χ3n) is 17.6. The molecule has 0 N–H and O–H groups in total. The van der Waals surface area contributed by atoms with Crippen LogP contribution in [0, 0.1) is 0 Å². The molecule has 0 aliphatic carbocycles. The topological polar surface area (TPSA) is 76.2 Å². The third kappa shape index (κ3) is 7.96. The molecule has 0 amide bonds. The fourth-order valence-electron chi connectivity index (χ4n) is 13.8. The smallest absolute Gasteiger partial charge is 0.163 e. The minimum Gasteiger partial charge on any atom is -0.309 e. The van der Waals surface area contributed by atoms with Gasteiger partial charge in [0.2, 0.25) is 0 Å². The van der Waals surface area contributed by atoms with E-state index in [1.165, 1.54) is 64.9 Å². The highest BCUT2D eigenvalue weighted by Gasteiger charge is 2.23. The molecular formula is C80H51N9. The minimum absolute atomic E-state index is 0.679.